The van der Waals surface area contributed by atoms with E-state index in [1.165, 1.54) is 28.7 Å². The Labute approximate surface area is 234 Å². The van der Waals surface area contributed by atoms with Crippen LogP contribution in [-0.4, -0.2) is 47.5 Å². The van der Waals surface area contributed by atoms with Gasteiger partial charge in [0.1, 0.15) is 17.7 Å². The Morgan fingerprint density at radius 3 is 2.60 bits per heavy atom. The molecule has 1 N–H and O–H groups in total. The molecule has 1 saturated carbocycles. The van der Waals surface area contributed by atoms with E-state index in [0.717, 1.165) is 6.20 Å². The lowest BCUT2D eigenvalue weighted by atomic mass is 9.84. The fourth-order valence-corrected chi connectivity index (χ4v) is 7.00. The molecule has 9 nitrogen and oxygen atoms in total. The zero-order valence-electron chi connectivity index (χ0n) is 21.1. The molecule has 1 saturated heterocycles. The van der Waals surface area contributed by atoms with Crippen LogP contribution in [0.2, 0.25) is 5.02 Å². The van der Waals surface area contributed by atoms with Gasteiger partial charge < -0.3 is 5.32 Å². The zero-order valence-corrected chi connectivity index (χ0v) is 22.7. The average molecular weight is 587 g/mol. The second kappa shape index (κ2) is 11.5. The van der Waals surface area contributed by atoms with Crippen molar-refractivity contribution in [3.05, 3.63) is 105 Å². The summed E-state index contributed by atoms with van der Waals surface area (Å²) in [5.74, 6) is -2.83. The van der Waals surface area contributed by atoms with Gasteiger partial charge in [0.2, 0.25) is 15.9 Å². The number of rotatable bonds is 11. The largest absolute Gasteiger partial charge is 0.324 e. The number of hydrogen-bond donors (Lipinski definition) is 1. The summed E-state index contributed by atoms with van der Waals surface area (Å²) in [4.78, 5) is 20.3. The predicted octanol–water partition coefficient (Wildman–Crippen LogP) is 5.57. The second-order valence-electron chi connectivity index (χ2n) is 9.88. The zero-order chi connectivity index (χ0) is 28.4. The normalized spacial score (nSPS) is 19.8. The minimum Gasteiger partial charge on any atom is -0.324 e. The third-order valence-corrected chi connectivity index (χ3v) is 9.79. The molecule has 2 aliphatic rings. The number of nitrogens with zero attached hydrogens (tertiary/aromatic N) is 5. The van der Waals surface area contributed by atoms with E-state index in [-0.39, 0.29) is 29.0 Å². The Morgan fingerprint density at radius 2 is 1.93 bits per heavy atom. The number of amides is 1. The van der Waals surface area contributed by atoms with Crippen LogP contribution in [0.1, 0.15) is 41.9 Å². The highest BCUT2D eigenvalue weighted by atomic mass is 35.5. The number of sulfonamides is 1. The number of benzene rings is 2. The summed E-state index contributed by atoms with van der Waals surface area (Å²) < 4.78 is 55.4. The summed E-state index contributed by atoms with van der Waals surface area (Å²) in [5.41, 5.74) is 10.5. The van der Waals surface area contributed by atoms with Gasteiger partial charge in [-0.3, -0.25) is 9.78 Å². The van der Waals surface area contributed by atoms with Gasteiger partial charge in [-0.05, 0) is 66.6 Å². The topological polar surface area (TPSA) is 128 Å². The van der Waals surface area contributed by atoms with Crippen LogP contribution in [0.5, 0.6) is 0 Å². The van der Waals surface area contributed by atoms with E-state index in [0.29, 0.717) is 42.0 Å². The molecule has 5 rings (SSSR count). The lowest BCUT2D eigenvalue weighted by Crippen LogP contribution is -2.33. The first kappa shape index (κ1) is 28.0. The molecule has 208 valence electrons. The van der Waals surface area contributed by atoms with Gasteiger partial charge in [0, 0.05) is 34.0 Å². The molecule has 4 atom stereocenters. The molecule has 1 amide bonds. The number of nitrogens with one attached hydrogen (secondary N) is 1. The van der Waals surface area contributed by atoms with E-state index >= 15 is 0 Å². The highest BCUT2D eigenvalue weighted by Crippen LogP contribution is 2.38. The SMILES string of the molecule is [N-]=[N+]=N[C@H](C(=O)Nc1cncc(F)c1CC[C@H]1CN1S(=O)(=O)C1CC1)[C@@H](c1ccc(Cl)cc1)c1cccc(F)c1. The van der Waals surface area contributed by atoms with Crippen LogP contribution >= 0.6 is 11.6 Å². The maximum Gasteiger partial charge on any atom is 0.234 e. The maximum atomic E-state index is 14.9. The third kappa shape index (κ3) is 6.10. The highest BCUT2D eigenvalue weighted by Gasteiger charge is 2.50. The molecule has 0 radical (unpaired) electrons. The Kier molecular flexibility index (Phi) is 8.04. The molecule has 40 heavy (non-hydrogen) atoms. The molecule has 2 heterocycles. The lowest BCUT2D eigenvalue weighted by molar-refractivity contribution is -0.117. The molecule has 0 spiro atoms. The Balaban J connectivity index is 1.39. The van der Waals surface area contributed by atoms with Crippen molar-refractivity contribution in [2.24, 2.45) is 5.11 Å². The number of carbonyl (C=O) groups excluding carboxylic acids is 1. The van der Waals surface area contributed by atoms with Crippen molar-refractivity contribution in [1.82, 2.24) is 9.29 Å². The summed E-state index contributed by atoms with van der Waals surface area (Å²) >= 11 is 6.04. The van der Waals surface area contributed by atoms with Crippen molar-refractivity contribution in [2.45, 2.75) is 48.9 Å². The molecule has 3 aromatic rings. The summed E-state index contributed by atoms with van der Waals surface area (Å²) in [6.45, 7) is 0.391. The Bertz CT molecular complexity index is 1580. The smallest absolute Gasteiger partial charge is 0.234 e. The van der Waals surface area contributed by atoms with E-state index in [1.807, 2.05) is 0 Å². The van der Waals surface area contributed by atoms with Crippen molar-refractivity contribution in [3.8, 4) is 0 Å². The van der Waals surface area contributed by atoms with E-state index in [4.69, 9.17) is 11.6 Å². The van der Waals surface area contributed by atoms with Crippen LogP contribution < -0.4 is 5.32 Å². The van der Waals surface area contributed by atoms with Crippen molar-refractivity contribution >= 4 is 33.2 Å². The van der Waals surface area contributed by atoms with Crippen LogP contribution in [0.4, 0.5) is 14.5 Å². The predicted molar refractivity (Wildman–Crippen MR) is 146 cm³/mol. The van der Waals surface area contributed by atoms with Crippen LogP contribution in [-0.2, 0) is 21.2 Å². The van der Waals surface area contributed by atoms with Gasteiger partial charge in [-0.1, -0.05) is 41.0 Å². The molecule has 1 aromatic heterocycles. The summed E-state index contributed by atoms with van der Waals surface area (Å²) in [7, 11) is -3.30. The quantitative estimate of drug-likeness (QED) is 0.136. The van der Waals surface area contributed by atoms with E-state index in [9.17, 15) is 27.5 Å². The Morgan fingerprint density at radius 1 is 1.18 bits per heavy atom. The molecular weight excluding hydrogens is 562 g/mol. The first-order valence-corrected chi connectivity index (χ1v) is 14.6. The molecule has 1 aliphatic carbocycles. The van der Waals surface area contributed by atoms with E-state index in [2.05, 4.69) is 20.3 Å². The highest BCUT2D eigenvalue weighted by molar-refractivity contribution is 7.90. The minimum absolute atomic E-state index is 0.0782. The van der Waals surface area contributed by atoms with Crippen LogP contribution in [0.15, 0.2) is 66.0 Å². The van der Waals surface area contributed by atoms with Crippen LogP contribution in [0, 0.1) is 11.6 Å². The number of pyridine rings is 1. The molecule has 13 heteroatoms. The van der Waals surface area contributed by atoms with Crippen molar-refractivity contribution in [3.63, 3.8) is 0 Å². The van der Waals surface area contributed by atoms with Crippen molar-refractivity contribution < 1.29 is 22.0 Å². The second-order valence-corrected chi connectivity index (χ2v) is 12.5. The maximum absolute atomic E-state index is 14.9. The fourth-order valence-electron chi connectivity index (χ4n) is 4.86. The monoisotopic (exact) mass is 586 g/mol. The lowest BCUT2D eigenvalue weighted by Gasteiger charge is -2.24. The van der Waals surface area contributed by atoms with Gasteiger partial charge in [0.15, 0.2) is 0 Å². The van der Waals surface area contributed by atoms with Gasteiger partial charge in [0.05, 0.1) is 23.3 Å². The van der Waals surface area contributed by atoms with Gasteiger partial charge in [-0.25, -0.2) is 17.2 Å². The van der Waals surface area contributed by atoms with Gasteiger partial charge in [-0.15, -0.1) is 0 Å². The summed E-state index contributed by atoms with van der Waals surface area (Å²) in [5, 5.41) is 6.52. The number of carbonyl (C=O) groups is 1. The van der Waals surface area contributed by atoms with Crippen molar-refractivity contribution in [1.29, 1.82) is 0 Å². The third-order valence-electron chi connectivity index (χ3n) is 7.12. The van der Waals surface area contributed by atoms with Gasteiger partial charge in [0.25, 0.3) is 0 Å². The van der Waals surface area contributed by atoms with Crippen LogP contribution in [0.3, 0.4) is 0 Å². The fraction of sp³-hybridized carbons (Fsp3) is 0.333. The van der Waals surface area contributed by atoms with Crippen LogP contribution in [0.25, 0.3) is 10.4 Å². The first-order chi connectivity index (χ1) is 19.2. The standard InChI is InChI=1S/C27H25ClF2N6O3S/c28-18-6-4-16(5-7-18)25(17-2-1-3-19(29)12-17)26(34-35-31)27(37)33-24-14-32-13-23(30)22(24)11-8-20-15-36(20)40(38,39)21-9-10-21/h1-7,12-14,20-21,25-26H,8-11,15H2,(H,33,37)/t20-,25-,26-,36?/m0/s1. The minimum atomic E-state index is -3.30. The summed E-state index contributed by atoms with van der Waals surface area (Å²) in [6, 6.07) is 10.5. The number of hydrogen-bond acceptors (Lipinski definition) is 5. The molecule has 2 fully saturated rings. The van der Waals surface area contributed by atoms with E-state index in [1.54, 1.807) is 30.3 Å². The molecule has 2 aromatic carbocycles. The number of aromatic nitrogens is 1. The number of halogens is 3. The van der Waals surface area contributed by atoms with E-state index < -0.39 is 39.5 Å². The summed E-state index contributed by atoms with van der Waals surface area (Å²) in [6.07, 6.45) is 4.16. The number of azide groups is 1. The average Bonchev–Trinajstić information content (AvgIpc) is 3.83. The molecule has 1 unspecified atom stereocenters. The molecular formula is C27H25ClF2N6O3S. The van der Waals surface area contributed by atoms with Gasteiger partial charge in [-0.2, -0.15) is 4.31 Å². The Hall–Kier alpha value is -3.57. The molecule has 0 bridgehead atoms. The first-order valence-electron chi connectivity index (χ1n) is 12.7. The number of anilines is 1. The molecule has 1 aliphatic heterocycles. The van der Waals surface area contributed by atoms with Crippen molar-refractivity contribution in [2.75, 3.05) is 11.9 Å². The van der Waals surface area contributed by atoms with Gasteiger partial charge >= 0.3 is 0 Å².